The van der Waals surface area contributed by atoms with E-state index in [-0.39, 0.29) is 0 Å². The molecule has 1 rings (SSSR count). The highest BCUT2D eigenvalue weighted by atomic mass is 32.2. The van der Waals surface area contributed by atoms with E-state index in [4.69, 9.17) is 9.66 Å². The lowest BCUT2D eigenvalue weighted by molar-refractivity contribution is -0.170. The molecule has 0 fully saturated rings. The number of esters is 1. The first-order valence-corrected chi connectivity index (χ1v) is 9.28. The Kier molecular flexibility index (Phi) is 8.76. The van der Waals surface area contributed by atoms with Crippen LogP contribution in [0.25, 0.3) is 0 Å². The van der Waals surface area contributed by atoms with Gasteiger partial charge in [0, 0.05) is 0 Å². The van der Waals surface area contributed by atoms with Gasteiger partial charge in [0.15, 0.2) is 11.9 Å². The average molecular weight is 440 g/mol. The molecule has 0 radical (unpaired) electrons. The molecule has 164 valence electrons. The van der Waals surface area contributed by atoms with Crippen molar-refractivity contribution in [2.45, 2.75) is 41.5 Å². The molecular formula is C15H20O13S. The maximum atomic E-state index is 11.9. The van der Waals surface area contributed by atoms with Crippen molar-refractivity contribution in [2.75, 3.05) is 6.61 Å². The predicted octanol–water partition coefficient (Wildman–Crippen LogP) is -4.43. The van der Waals surface area contributed by atoms with Gasteiger partial charge in [-0.15, -0.1) is 0 Å². The molecule has 0 aromatic heterocycles. The normalized spacial score (nSPS) is 18.2. The van der Waals surface area contributed by atoms with Crippen molar-refractivity contribution in [1.82, 2.24) is 0 Å². The van der Waals surface area contributed by atoms with E-state index in [1.807, 2.05) is 0 Å². The molecule has 1 aromatic carbocycles. The third kappa shape index (κ3) is 6.23. The summed E-state index contributed by atoms with van der Waals surface area (Å²) >= 11 is 0. The molecule has 13 nitrogen and oxygen atoms in total. The summed E-state index contributed by atoms with van der Waals surface area (Å²) in [6.07, 6.45) is -14.2. The van der Waals surface area contributed by atoms with E-state index in [1.165, 1.54) is 12.1 Å². The van der Waals surface area contributed by atoms with Gasteiger partial charge in [0.05, 0.1) is 6.61 Å². The van der Waals surface area contributed by atoms with Crippen LogP contribution in [0.2, 0.25) is 0 Å². The van der Waals surface area contributed by atoms with E-state index in [1.54, 1.807) is 0 Å². The lowest BCUT2D eigenvalue weighted by Gasteiger charge is -2.29. The van der Waals surface area contributed by atoms with Crippen molar-refractivity contribution in [3.8, 4) is 5.75 Å². The third-order valence-electron chi connectivity index (χ3n) is 3.75. The van der Waals surface area contributed by atoms with Gasteiger partial charge in [0.1, 0.15) is 35.4 Å². The Hall–Kier alpha value is -2.01. The minimum Gasteiger partial charge on any atom is -0.419 e. The van der Waals surface area contributed by atoms with Gasteiger partial charge in [-0.1, -0.05) is 12.1 Å². The van der Waals surface area contributed by atoms with Gasteiger partial charge in [0.2, 0.25) is 0 Å². The van der Waals surface area contributed by atoms with Crippen molar-refractivity contribution in [1.29, 1.82) is 0 Å². The van der Waals surface area contributed by atoms with E-state index in [0.29, 0.717) is 0 Å². The monoisotopic (exact) mass is 440 g/mol. The minimum atomic E-state index is -4.83. The Morgan fingerprint density at radius 1 is 0.897 bits per heavy atom. The fourth-order valence-electron chi connectivity index (χ4n) is 2.10. The Labute approximate surface area is 163 Å². The molecule has 0 aliphatic carbocycles. The molecule has 0 saturated heterocycles. The molecule has 0 spiro atoms. The first kappa shape index (κ1) is 25.0. The van der Waals surface area contributed by atoms with Gasteiger partial charge in [-0.05, 0) is 12.1 Å². The first-order chi connectivity index (χ1) is 13.3. The molecule has 6 atom stereocenters. The van der Waals surface area contributed by atoms with E-state index in [9.17, 15) is 48.6 Å². The van der Waals surface area contributed by atoms with Crippen LogP contribution in [0.1, 0.15) is 0 Å². The topological polar surface area (TPSA) is 239 Å². The summed E-state index contributed by atoms with van der Waals surface area (Å²) in [6, 6.07) is 4.12. The van der Waals surface area contributed by atoms with Gasteiger partial charge < -0.3 is 40.5 Å². The highest BCUT2D eigenvalue weighted by molar-refractivity contribution is 7.86. The molecule has 0 saturated carbocycles. The third-order valence-corrected chi connectivity index (χ3v) is 4.65. The standard InChI is InChI=1S/C15H20O13S/c16-5-6(17)9(18)10(19)11(20)12(21)13(22)14(23)15(24)28-7-3-1-2-4-8(7)29(25,26)27/h1-4,6,9-13,16-22H,5H2,(H,25,26,27). The van der Waals surface area contributed by atoms with E-state index in [2.05, 4.69) is 4.74 Å². The molecule has 14 heteroatoms. The van der Waals surface area contributed by atoms with E-state index >= 15 is 0 Å². The molecule has 0 amide bonds. The Morgan fingerprint density at radius 2 is 1.41 bits per heavy atom. The van der Waals surface area contributed by atoms with Crippen molar-refractivity contribution in [2.24, 2.45) is 0 Å². The summed E-state index contributed by atoms with van der Waals surface area (Å²) in [4.78, 5) is 22.9. The van der Waals surface area contributed by atoms with Crippen molar-refractivity contribution in [3.05, 3.63) is 24.3 Å². The van der Waals surface area contributed by atoms with E-state index in [0.717, 1.165) is 12.1 Å². The maximum absolute atomic E-state index is 11.9. The Bertz CT molecular complexity index is 823. The molecule has 0 bridgehead atoms. The molecule has 8 N–H and O–H groups in total. The smallest absolute Gasteiger partial charge is 0.382 e. The van der Waals surface area contributed by atoms with Crippen LogP contribution in [0.4, 0.5) is 0 Å². The summed E-state index contributed by atoms with van der Waals surface area (Å²) in [5.41, 5.74) is 0. The molecule has 0 aliphatic rings. The van der Waals surface area contributed by atoms with Crippen molar-refractivity contribution >= 4 is 21.9 Å². The second-order valence-corrected chi connectivity index (χ2v) is 7.22. The number of carbonyl (C=O) groups excluding carboxylic acids is 2. The molecule has 0 heterocycles. The van der Waals surface area contributed by atoms with Crippen molar-refractivity contribution in [3.63, 3.8) is 0 Å². The average Bonchev–Trinajstić information content (AvgIpc) is 2.69. The summed E-state index contributed by atoms with van der Waals surface area (Å²) in [7, 11) is -4.83. The number of benzene rings is 1. The van der Waals surface area contributed by atoms with Crippen LogP contribution in [0.5, 0.6) is 5.75 Å². The zero-order valence-electron chi connectivity index (χ0n) is 14.5. The first-order valence-electron chi connectivity index (χ1n) is 7.84. The van der Waals surface area contributed by atoms with Crippen LogP contribution in [-0.4, -0.2) is 104 Å². The zero-order chi connectivity index (χ0) is 22.5. The molecule has 6 unspecified atom stereocenters. The van der Waals surface area contributed by atoms with E-state index < -0.39 is 75.7 Å². The summed E-state index contributed by atoms with van der Waals surface area (Å²) in [5, 5.41) is 66.1. The Balaban J connectivity index is 2.92. The predicted molar refractivity (Wildman–Crippen MR) is 90.0 cm³/mol. The highest BCUT2D eigenvalue weighted by Crippen LogP contribution is 2.23. The second-order valence-electron chi connectivity index (χ2n) is 5.83. The number of hydrogen-bond acceptors (Lipinski definition) is 12. The number of aliphatic hydroxyl groups excluding tert-OH is 7. The summed E-state index contributed by atoms with van der Waals surface area (Å²) < 4.78 is 36.0. The van der Waals surface area contributed by atoms with Gasteiger partial charge >= 0.3 is 5.97 Å². The SMILES string of the molecule is O=C(Oc1ccccc1S(=O)(=O)O)C(=O)C(O)C(O)C(O)C(O)C(O)C(O)CO. The molecular weight excluding hydrogens is 420 g/mol. The number of rotatable bonds is 10. The van der Waals surface area contributed by atoms with Crippen molar-refractivity contribution < 1.29 is 63.0 Å². The van der Waals surface area contributed by atoms with Gasteiger partial charge in [-0.3, -0.25) is 9.35 Å². The second kappa shape index (κ2) is 10.1. The number of para-hydroxylation sites is 1. The summed E-state index contributed by atoms with van der Waals surface area (Å²) in [5.74, 6) is -4.52. The number of carbonyl (C=O) groups is 2. The van der Waals surface area contributed by atoms with Crippen LogP contribution in [0.15, 0.2) is 29.2 Å². The number of aliphatic hydroxyl groups is 7. The number of Topliss-reactive ketones (excluding diaryl/α,β-unsaturated/α-hetero) is 1. The molecule has 1 aromatic rings. The van der Waals surface area contributed by atoms with Gasteiger partial charge in [0.25, 0.3) is 15.9 Å². The summed E-state index contributed by atoms with van der Waals surface area (Å²) in [6.45, 7) is -1.03. The maximum Gasteiger partial charge on any atom is 0.382 e. The highest BCUT2D eigenvalue weighted by Gasteiger charge is 2.41. The zero-order valence-corrected chi connectivity index (χ0v) is 15.3. The van der Waals surface area contributed by atoms with Gasteiger partial charge in [-0.25, -0.2) is 4.79 Å². The lowest BCUT2D eigenvalue weighted by Crippen LogP contribution is -2.55. The fraction of sp³-hybridized carbons (Fsp3) is 0.467. The van der Waals surface area contributed by atoms with Crippen LogP contribution in [0.3, 0.4) is 0 Å². The lowest BCUT2D eigenvalue weighted by atomic mass is 9.95. The van der Waals surface area contributed by atoms with Crippen LogP contribution in [0, 0.1) is 0 Å². The number of ether oxygens (including phenoxy) is 1. The minimum absolute atomic E-state index is 0.767. The van der Waals surface area contributed by atoms with Gasteiger partial charge in [-0.2, -0.15) is 8.42 Å². The molecule has 0 aliphatic heterocycles. The number of hydrogen-bond donors (Lipinski definition) is 8. The molecule has 29 heavy (non-hydrogen) atoms. The van der Waals surface area contributed by atoms with Crippen LogP contribution < -0.4 is 4.74 Å². The Morgan fingerprint density at radius 3 is 1.93 bits per heavy atom. The quantitative estimate of drug-likeness (QED) is 0.0742. The number of ketones is 1. The fourth-order valence-corrected chi connectivity index (χ4v) is 2.71. The van der Waals surface area contributed by atoms with Crippen LogP contribution in [-0.2, 0) is 19.7 Å². The largest absolute Gasteiger partial charge is 0.419 e. The van der Waals surface area contributed by atoms with Crippen LogP contribution >= 0.6 is 0 Å².